The van der Waals surface area contributed by atoms with Crippen LogP contribution < -0.4 is 5.32 Å². The van der Waals surface area contributed by atoms with E-state index in [9.17, 15) is 0 Å². The summed E-state index contributed by atoms with van der Waals surface area (Å²) in [7, 11) is 1.70. The Balaban J connectivity index is 3.42. The van der Waals surface area contributed by atoms with Crippen LogP contribution in [0.4, 0.5) is 0 Å². The highest BCUT2D eigenvalue weighted by atomic mass is 16.5. The third-order valence-electron chi connectivity index (χ3n) is 1.67. The van der Waals surface area contributed by atoms with Crippen molar-refractivity contribution in [3.63, 3.8) is 0 Å². The molecule has 0 saturated heterocycles. The minimum Gasteiger partial charge on any atom is -0.383 e. The van der Waals surface area contributed by atoms with Crippen molar-refractivity contribution in [2.75, 3.05) is 20.3 Å². The molecule has 0 aromatic carbocycles. The smallest absolute Gasteiger partial charge is 0.0635 e. The van der Waals surface area contributed by atoms with E-state index in [1.807, 2.05) is 0 Å². The zero-order chi connectivity index (χ0) is 9.23. The van der Waals surface area contributed by atoms with Gasteiger partial charge in [-0.3, -0.25) is 0 Å². The Kier molecular flexibility index (Phi) is 8.09. The lowest BCUT2D eigenvalue weighted by Crippen LogP contribution is -2.33. The van der Waals surface area contributed by atoms with Crippen LogP contribution in [0, 0.1) is 11.3 Å². The largest absolute Gasteiger partial charge is 0.383 e. The predicted molar refractivity (Wildman–Crippen MR) is 48.8 cm³/mol. The lowest BCUT2D eigenvalue weighted by atomic mass is 10.2. The number of nitrogens with zero attached hydrogens (tertiary/aromatic N) is 1. The second-order valence-electron chi connectivity index (χ2n) is 2.80. The zero-order valence-electron chi connectivity index (χ0n) is 7.97. The van der Waals surface area contributed by atoms with Gasteiger partial charge in [-0.05, 0) is 6.42 Å². The maximum atomic E-state index is 8.32. The van der Waals surface area contributed by atoms with E-state index in [0.29, 0.717) is 12.5 Å². The average Bonchev–Trinajstić information content (AvgIpc) is 2.06. The number of ether oxygens (including phenoxy) is 1. The van der Waals surface area contributed by atoms with Crippen molar-refractivity contribution < 1.29 is 4.74 Å². The van der Waals surface area contributed by atoms with Crippen molar-refractivity contribution in [2.45, 2.75) is 32.2 Å². The van der Waals surface area contributed by atoms with Gasteiger partial charge in [-0.25, -0.2) is 0 Å². The average molecular weight is 170 g/mol. The van der Waals surface area contributed by atoms with Crippen LogP contribution in [-0.4, -0.2) is 26.3 Å². The normalized spacial score (nSPS) is 12.4. The molecule has 0 spiro atoms. The van der Waals surface area contributed by atoms with Gasteiger partial charge in [0.25, 0.3) is 0 Å². The second kappa shape index (κ2) is 8.51. The van der Waals surface area contributed by atoms with Crippen LogP contribution in [0.15, 0.2) is 0 Å². The van der Waals surface area contributed by atoms with E-state index in [1.54, 1.807) is 7.11 Å². The summed E-state index contributed by atoms with van der Waals surface area (Å²) in [6.07, 6.45) is 2.83. The fraction of sp³-hybridized carbons (Fsp3) is 0.889. The minimum atomic E-state index is 0.411. The van der Waals surface area contributed by atoms with Crippen molar-refractivity contribution >= 4 is 0 Å². The lowest BCUT2D eigenvalue weighted by Gasteiger charge is -2.15. The van der Waals surface area contributed by atoms with E-state index in [2.05, 4.69) is 18.3 Å². The van der Waals surface area contributed by atoms with E-state index in [4.69, 9.17) is 10.00 Å². The predicted octanol–water partition coefficient (Wildman–Crippen LogP) is 1.30. The number of rotatable bonds is 7. The van der Waals surface area contributed by atoms with E-state index in [0.717, 1.165) is 26.0 Å². The van der Waals surface area contributed by atoms with Crippen molar-refractivity contribution in [1.82, 2.24) is 5.32 Å². The number of hydrogen-bond donors (Lipinski definition) is 1. The molecule has 70 valence electrons. The Morgan fingerprint density at radius 2 is 2.33 bits per heavy atom. The molecule has 0 saturated carbocycles. The summed E-state index contributed by atoms with van der Waals surface area (Å²) in [5, 5.41) is 11.6. The van der Waals surface area contributed by atoms with Crippen molar-refractivity contribution in [3.05, 3.63) is 0 Å². The van der Waals surface area contributed by atoms with Crippen LogP contribution in [0.2, 0.25) is 0 Å². The summed E-state index contributed by atoms with van der Waals surface area (Å²) in [5.41, 5.74) is 0. The van der Waals surface area contributed by atoms with Gasteiger partial charge in [0.15, 0.2) is 0 Å². The van der Waals surface area contributed by atoms with Gasteiger partial charge in [0.1, 0.15) is 0 Å². The first-order chi connectivity index (χ1) is 5.85. The molecule has 0 bridgehead atoms. The summed E-state index contributed by atoms with van der Waals surface area (Å²) in [4.78, 5) is 0. The Hall–Kier alpha value is -0.590. The summed E-state index contributed by atoms with van der Waals surface area (Å²) in [6.45, 7) is 3.65. The van der Waals surface area contributed by atoms with Gasteiger partial charge >= 0.3 is 0 Å². The Morgan fingerprint density at radius 1 is 1.58 bits per heavy atom. The molecule has 3 nitrogen and oxygen atoms in total. The summed E-state index contributed by atoms with van der Waals surface area (Å²) >= 11 is 0. The van der Waals surface area contributed by atoms with Gasteiger partial charge in [-0.1, -0.05) is 13.3 Å². The van der Waals surface area contributed by atoms with Gasteiger partial charge in [0, 0.05) is 26.1 Å². The Bertz CT molecular complexity index is 125. The fourth-order valence-electron chi connectivity index (χ4n) is 1.13. The van der Waals surface area contributed by atoms with E-state index in [1.165, 1.54) is 0 Å². The van der Waals surface area contributed by atoms with Crippen LogP contribution in [0.5, 0.6) is 0 Å². The molecule has 0 radical (unpaired) electrons. The molecule has 0 aliphatic rings. The quantitative estimate of drug-likeness (QED) is 0.586. The molecule has 0 heterocycles. The second-order valence-corrected chi connectivity index (χ2v) is 2.80. The van der Waals surface area contributed by atoms with Crippen molar-refractivity contribution in [2.24, 2.45) is 0 Å². The molecule has 0 rings (SSSR count). The van der Waals surface area contributed by atoms with Gasteiger partial charge in [0.2, 0.25) is 0 Å². The minimum absolute atomic E-state index is 0.411. The molecule has 0 aliphatic carbocycles. The lowest BCUT2D eigenvalue weighted by molar-refractivity contribution is 0.162. The number of hydrogen-bond acceptors (Lipinski definition) is 3. The van der Waals surface area contributed by atoms with E-state index in [-0.39, 0.29) is 0 Å². The molecule has 0 amide bonds. The van der Waals surface area contributed by atoms with E-state index >= 15 is 0 Å². The highest BCUT2D eigenvalue weighted by Crippen LogP contribution is 1.96. The molecule has 0 fully saturated rings. The van der Waals surface area contributed by atoms with Crippen LogP contribution in [0.3, 0.4) is 0 Å². The highest BCUT2D eigenvalue weighted by molar-refractivity contribution is 4.73. The molecule has 1 atom stereocenters. The zero-order valence-corrected chi connectivity index (χ0v) is 7.97. The number of nitrogens with one attached hydrogen (secondary N) is 1. The Labute approximate surface area is 74.7 Å². The SMILES string of the molecule is CCCC(COC)NCCC#N. The third kappa shape index (κ3) is 6.14. The van der Waals surface area contributed by atoms with Crippen molar-refractivity contribution in [1.29, 1.82) is 5.26 Å². The first kappa shape index (κ1) is 11.4. The molecule has 1 N–H and O–H groups in total. The van der Waals surface area contributed by atoms with Crippen LogP contribution in [-0.2, 0) is 4.74 Å². The molecule has 0 aliphatic heterocycles. The van der Waals surface area contributed by atoms with Gasteiger partial charge in [-0.15, -0.1) is 0 Å². The van der Waals surface area contributed by atoms with Crippen molar-refractivity contribution in [3.8, 4) is 6.07 Å². The van der Waals surface area contributed by atoms with Crippen LogP contribution in [0.1, 0.15) is 26.2 Å². The molecular weight excluding hydrogens is 152 g/mol. The van der Waals surface area contributed by atoms with Crippen LogP contribution in [0.25, 0.3) is 0 Å². The van der Waals surface area contributed by atoms with Gasteiger partial charge < -0.3 is 10.1 Å². The molecule has 12 heavy (non-hydrogen) atoms. The molecule has 1 unspecified atom stereocenters. The first-order valence-corrected chi connectivity index (χ1v) is 4.44. The number of nitriles is 1. The highest BCUT2D eigenvalue weighted by Gasteiger charge is 2.04. The Morgan fingerprint density at radius 3 is 2.83 bits per heavy atom. The van der Waals surface area contributed by atoms with E-state index < -0.39 is 0 Å². The number of methoxy groups -OCH3 is 1. The third-order valence-corrected chi connectivity index (χ3v) is 1.67. The summed E-state index contributed by atoms with van der Waals surface area (Å²) in [6, 6.07) is 2.51. The summed E-state index contributed by atoms with van der Waals surface area (Å²) < 4.78 is 5.04. The van der Waals surface area contributed by atoms with Gasteiger partial charge in [-0.2, -0.15) is 5.26 Å². The summed E-state index contributed by atoms with van der Waals surface area (Å²) in [5.74, 6) is 0. The standard InChI is InChI=1S/C9H18N2O/c1-3-5-9(8-12-2)11-7-4-6-10/h9,11H,3-5,7-8H2,1-2H3. The van der Waals surface area contributed by atoms with Gasteiger partial charge in [0.05, 0.1) is 12.7 Å². The topological polar surface area (TPSA) is 45.0 Å². The molecular formula is C9H18N2O. The maximum absolute atomic E-state index is 8.32. The molecule has 3 heteroatoms. The van der Waals surface area contributed by atoms with Crippen LogP contribution >= 0.6 is 0 Å². The monoisotopic (exact) mass is 170 g/mol. The first-order valence-electron chi connectivity index (χ1n) is 4.44. The fourth-order valence-corrected chi connectivity index (χ4v) is 1.13. The molecule has 0 aromatic heterocycles. The maximum Gasteiger partial charge on any atom is 0.0635 e. The molecule has 0 aromatic rings.